The van der Waals surface area contributed by atoms with E-state index in [-0.39, 0.29) is 41.6 Å². The first-order valence-electron chi connectivity index (χ1n) is 9.25. The summed E-state index contributed by atoms with van der Waals surface area (Å²) in [6, 6.07) is 5.75. The number of ether oxygens (including phenoxy) is 3. The minimum absolute atomic E-state index is 0.0871. The summed E-state index contributed by atoms with van der Waals surface area (Å²) in [7, 11) is 1.41. The lowest BCUT2D eigenvalue weighted by atomic mass is 9.85. The van der Waals surface area contributed by atoms with Crippen LogP contribution in [0.4, 0.5) is 0 Å². The zero-order valence-corrected chi connectivity index (χ0v) is 17.3. The van der Waals surface area contributed by atoms with Gasteiger partial charge in [0.25, 0.3) is 0 Å². The molecular weight excluding hydrogens is 350 g/mol. The van der Waals surface area contributed by atoms with Gasteiger partial charge in [0.2, 0.25) is 0 Å². The molecule has 1 fully saturated rings. The van der Waals surface area contributed by atoms with Crippen LogP contribution in [0.1, 0.15) is 53.4 Å². The van der Waals surface area contributed by atoms with Gasteiger partial charge in [0.15, 0.2) is 6.29 Å². The molecule has 0 aromatic carbocycles. The van der Waals surface area contributed by atoms with Crippen LogP contribution in [0.15, 0.2) is 29.4 Å². The number of thioether (sulfide) groups is 1. The Morgan fingerprint density at radius 3 is 2.77 bits per heavy atom. The summed E-state index contributed by atoms with van der Waals surface area (Å²) in [6.45, 7) is 8.58. The van der Waals surface area contributed by atoms with Gasteiger partial charge in [0.05, 0.1) is 30.8 Å². The second kappa shape index (κ2) is 9.72. The van der Waals surface area contributed by atoms with E-state index in [1.807, 2.05) is 25.1 Å². The third kappa shape index (κ3) is 6.56. The van der Waals surface area contributed by atoms with Crippen molar-refractivity contribution in [2.45, 2.75) is 82.2 Å². The predicted octanol–water partition coefficient (Wildman–Crippen LogP) is 4.45. The van der Waals surface area contributed by atoms with E-state index in [9.17, 15) is 4.79 Å². The van der Waals surface area contributed by atoms with Gasteiger partial charge in [-0.25, -0.2) is 4.98 Å². The largest absolute Gasteiger partial charge is 0.469 e. The van der Waals surface area contributed by atoms with E-state index < -0.39 is 0 Å². The first-order chi connectivity index (χ1) is 12.3. The highest BCUT2D eigenvalue weighted by molar-refractivity contribution is 7.99. The van der Waals surface area contributed by atoms with Crippen molar-refractivity contribution in [1.82, 2.24) is 4.98 Å². The van der Waals surface area contributed by atoms with Crippen molar-refractivity contribution in [3.63, 3.8) is 0 Å². The van der Waals surface area contributed by atoms with Crippen LogP contribution in [-0.2, 0) is 19.0 Å². The number of rotatable bonds is 7. The number of esters is 1. The lowest BCUT2D eigenvalue weighted by molar-refractivity contribution is -0.230. The fourth-order valence-corrected chi connectivity index (χ4v) is 4.04. The van der Waals surface area contributed by atoms with Gasteiger partial charge in [0.1, 0.15) is 0 Å². The number of methoxy groups -OCH3 is 1. The van der Waals surface area contributed by atoms with E-state index in [0.29, 0.717) is 0 Å². The molecule has 0 radical (unpaired) electrons. The fourth-order valence-electron chi connectivity index (χ4n) is 2.98. The van der Waals surface area contributed by atoms with Crippen molar-refractivity contribution in [3.05, 3.63) is 24.4 Å². The van der Waals surface area contributed by atoms with Crippen LogP contribution in [0.25, 0.3) is 0 Å². The van der Waals surface area contributed by atoms with Gasteiger partial charge in [-0.2, -0.15) is 0 Å². The third-order valence-corrected chi connectivity index (χ3v) is 5.92. The smallest absolute Gasteiger partial charge is 0.306 e. The highest BCUT2D eigenvalue weighted by Gasteiger charge is 2.34. The Kier molecular flexibility index (Phi) is 7.92. The predicted molar refractivity (Wildman–Crippen MR) is 103 cm³/mol. The van der Waals surface area contributed by atoms with Crippen LogP contribution < -0.4 is 0 Å². The third-order valence-electron chi connectivity index (χ3n) is 4.58. The van der Waals surface area contributed by atoms with Crippen LogP contribution in [0.5, 0.6) is 0 Å². The Bertz CT molecular complexity index is 561. The van der Waals surface area contributed by atoms with E-state index in [1.165, 1.54) is 7.11 Å². The number of pyridine rings is 1. The first kappa shape index (κ1) is 21.2. The normalized spacial score (nSPS) is 23.3. The summed E-state index contributed by atoms with van der Waals surface area (Å²) in [6.07, 6.45) is 4.86. The van der Waals surface area contributed by atoms with Gasteiger partial charge in [-0.15, -0.1) is 0 Å². The van der Waals surface area contributed by atoms with Gasteiger partial charge in [0, 0.05) is 11.4 Å². The van der Waals surface area contributed by atoms with Gasteiger partial charge in [-0.3, -0.25) is 4.79 Å². The second-order valence-corrected chi connectivity index (χ2v) is 9.06. The molecule has 26 heavy (non-hydrogen) atoms. The molecule has 1 aliphatic rings. The maximum atomic E-state index is 11.8. The monoisotopic (exact) mass is 381 g/mol. The lowest BCUT2D eigenvalue weighted by Crippen LogP contribution is -2.40. The molecule has 2 heterocycles. The Hall–Kier alpha value is -1.11. The van der Waals surface area contributed by atoms with Crippen LogP contribution >= 0.6 is 11.8 Å². The number of hydrogen-bond acceptors (Lipinski definition) is 6. The van der Waals surface area contributed by atoms with Crippen molar-refractivity contribution in [2.24, 2.45) is 5.41 Å². The first-order valence-corrected chi connectivity index (χ1v) is 10.1. The minimum atomic E-state index is -0.244. The van der Waals surface area contributed by atoms with Crippen LogP contribution in [-0.4, -0.2) is 41.8 Å². The summed E-state index contributed by atoms with van der Waals surface area (Å²) in [5.74, 6) is -0.244. The molecule has 1 saturated heterocycles. The summed E-state index contributed by atoms with van der Waals surface area (Å²) in [5.41, 5.74) is 0.0966. The van der Waals surface area contributed by atoms with Crippen molar-refractivity contribution >= 4 is 17.7 Å². The lowest BCUT2D eigenvalue weighted by Gasteiger charge is -2.39. The molecule has 1 unspecified atom stereocenters. The average Bonchev–Trinajstić information content (AvgIpc) is 2.61. The molecule has 1 aliphatic heterocycles. The Labute approximate surface area is 161 Å². The second-order valence-electron chi connectivity index (χ2n) is 7.80. The van der Waals surface area contributed by atoms with Gasteiger partial charge in [-0.05, 0) is 43.7 Å². The van der Waals surface area contributed by atoms with Gasteiger partial charge >= 0.3 is 5.97 Å². The molecule has 0 bridgehead atoms. The summed E-state index contributed by atoms with van der Waals surface area (Å²) >= 11 is 1.54. The molecule has 4 atom stereocenters. The SMILES string of the molecule is COC(=O)CC(Sc1ccccn1)[C@@H](C)O[C@@H]1CCC[C@@H](C(C)(C)C)O1. The maximum Gasteiger partial charge on any atom is 0.306 e. The molecule has 5 nitrogen and oxygen atoms in total. The van der Waals surface area contributed by atoms with E-state index in [2.05, 4.69) is 25.8 Å². The number of hydrogen-bond donors (Lipinski definition) is 0. The zero-order valence-electron chi connectivity index (χ0n) is 16.4. The highest BCUT2D eigenvalue weighted by Crippen LogP contribution is 2.34. The Balaban J connectivity index is 2.00. The number of aromatic nitrogens is 1. The molecule has 0 N–H and O–H groups in total. The molecule has 1 aromatic rings. The number of carbonyl (C=O) groups is 1. The zero-order chi connectivity index (χ0) is 19.2. The maximum absolute atomic E-state index is 11.8. The van der Waals surface area contributed by atoms with E-state index in [1.54, 1.807) is 18.0 Å². The van der Waals surface area contributed by atoms with Crippen LogP contribution in [0, 0.1) is 5.41 Å². The van der Waals surface area contributed by atoms with Crippen LogP contribution in [0.3, 0.4) is 0 Å². The summed E-state index contributed by atoms with van der Waals surface area (Å²) in [5, 5.41) is 0.782. The fraction of sp³-hybridized carbons (Fsp3) is 0.700. The molecular formula is C20H31NO4S. The average molecular weight is 382 g/mol. The van der Waals surface area contributed by atoms with E-state index >= 15 is 0 Å². The summed E-state index contributed by atoms with van der Waals surface area (Å²) < 4.78 is 17.3. The van der Waals surface area contributed by atoms with Gasteiger partial charge < -0.3 is 14.2 Å². The molecule has 0 saturated carbocycles. The molecule has 0 amide bonds. The van der Waals surface area contributed by atoms with E-state index in [0.717, 1.165) is 24.3 Å². The molecule has 1 aromatic heterocycles. The molecule has 146 valence electrons. The van der Waals surface area contributed by atoms with Crippen molar-refractivity contribution < 1.29 is 19.0 Å². The minimum Gasteiger partial charge on any atom is -0.469 e. The standard InChI is InChI=1S/C20H31NO4S/c1-14(24-19-11-8-9-16(25-19)20(2,3)4)15(13-18(22)23-5)26-17-10-6-7-12-21-17/h6-7,10,12,14-16,19H,8-9,11,13H2,1-5H3/t14-,15?,16+,19+/m1/s1. The van der Waals surface area contributed by atoms with Crippen molar-refractivity contribution in [2.75, 3.05) is 7.11 Å². The van der Waals surface area contributed by atoms with Crippen molar-refractivity contribution in [3.8, 4) is 0 Å². The summed E-state index contributed by atoms with van der Waals surface area (Å²) in [4.78, 5) is 16.2. The van der Waals surface area contributed by atoms with Crippen molar-refractivity contribution in [1.29, 1.82) is 0 Å². The van der Waals surface area contributed by atoms with E-state index in [4.69, 9.17) is 14.2 Å². The molecule has 0 spiro atoms. The Morgan fingerprint density at radius 1 is 1.38 bits per heavy atom. The molecule has 0 aliphatic carbocycles. The molecule has 6 heteroatoms. The number of carbonyl (C=O) groups excluding carboxylic acids is 1. The number of nitrogens with zero attached hydrogens (tertiary/aromatic N) is 1. The highest BCUT2D eigenvalue weighted by atomic mass is 32.2. The quantitative estimate of drug-likeness (QED) is 0.514. The Morgan fingerprint density at radius 2 is 2.15 bits per heavy atom. The topological polar surface area (TPSA) is 57.7 Å². The molecule has 2 rings (SSSR count). The van der Waals surface area contributed by atoms with Gasteiger partial charge in [-0.1, -0.05) is 38.6 Å². The van der Waals surface area contributed by atoms with Crippen LogP contribution in [0.2, 0.25) is 0 Å².